The Kier molecular flexibility index (Phi) is 4.18. The van der Waals surface area contributed by atoms with Crippen LogP contribution in [0.5, 0.6) is 0 Å². The van der Waals surface area contributed by atoms with Crippen molar-refractivity contribution in [3.63, 3.8) is 0 Å². The van der Waals surface area contributed by atoms with Crippen molar-refractivity contribution in [2.45, 2.75) is 52.2 Å². The lowest BCUT2D eigenvalue weighted by molar-refractivity contribution is 0.188. The lowest BCUT2D eigenvalue weighted by Gasteiger charge is -2.06. The fourth-order valence-corrected chi connectivity index (χ4v) is 2.10. The van der Waals surface area contributed by atoms with E-state index in [9.17, 15) is 0 Å². The van der Waals surface area contributed by atoms with E-state index >= 15 is 0 Å². The molecular weight excluding hydrogens is 214 g/mol. The maximum absolute atomic E-state index is 5.07. The average Bonchev–Trinajstić information content (AvgIpc) is 3.08. The molecule has 0 aromatic carbocycles. The van der Waals surface area contributed by atoms with Gasteiger partial charge in [-0.1, -0.05) is 0 Å². The van der Waals surface area contributed by atoms with Gasteiger partial charge in [-0.2, -0.15) is 5.10 Å². The second-order valence-corrected chi connectivity index (χ2v) is 4.87. The number of nitrogens with one attached hydrogen (secondary N) is 1. The van der Waals surface area contributed by atoms with Crippen molar-refractivity contribution in [1.82, 2.24) is 15.1 Å². The van der Waals surface area contributed by atoms with Crippen LogP contribution < -0.4 is 5.32 Å². The highest BCUT2D eigenvalue weighted by Gasteiger charge is 2.21. The van der Waals surface area contributed by atoms with Crippen LogP contribution in [0.4, 0.5) is 0 Å². The quantitative estimate of drug-likeness (QED) is 0.735. The molecule has 1 fully saturated rings. The van der Waals surface area contributed by atoms with Gasteiger partial charge in [0.25, 0.3) is 0 Å². The molecule has 4 heteroatoms. The van der Waals surface area contributed by atoms with Crippen molar-refractivity contribution in [2.24, 2.45) is 0 Å². The Morgan fingerprint density at radius 1 is 1.41 bits per heavy atom. The summed E-state index contributed by atoms with van der Waals surface area (Å²) >= 11 is 0. The average molecular weight is 237 g/mol. The van der Waals surface area contributed by atoms with Gasteiger partial charge in [0, 0.05) is 44.1 Å². The second-order valence-electron chi connectivity index (χ2n) is 4.87. The van der Waals surface area contributed by atoms with Crippen LogP contribution in [0.1, 0.15) is 36.2 Å². The Morgan fingerprint density at radius 3 is 2.82 bits per heavy atom. The molecule has 0 spiro atoms. The molecule has 0 radical (unpaired) electrons. The fraction of sp³-hybridized carbons (Fsp3) is 0.769. The highest BCUT2D eigenvalue weighted by atomic mass is 16.5. The Morgan fingerprint density at radius 2 is 2.18 bits per heavy atom. The van der Waals surface area contributed by atoms with Crippen LogP contribution in [0, 0.1) is 13.8 Å². The largest absolute Gasteiger partial charge is 0.385 e. The van der Waals surface area contributed by atoms with Crippen LogP contribution in [-0.4, -0.2) is 29.5 Å². The fourth-order valence-electron chi connectivity index (χ4n) is 2.10. The first-order valence-corrected chi connectivity index (χ1v) is 6.47. The van der Waals surface area contributed by atoms with E-state index < -0.39 is 0 Å². The van der Waals surface area contributed by atoms with Crippen LogP contribution in [0.15, 0.2) is 0 Å². The monoisotopic (exact) mass is 237 g/mol. The van der Waals surface area contributed by atoms with Crippen molar-refractivity contribution < 1.29 is 4.74 Å². The van der Waals surface area contributed by atoms with Gasteiger partial charge < -0.3 is 10.1 Å². The van der Waals surface area contributed by atoms with Gasteiger partial charge in [-0.15, -0.1) is 0 Å². The van der Waals surface area contributed by atoms with Gasteiger partial charge in [0.05, 0.1) is 5.69 Å². The maximum Gasteiger partial charge on any atom is 0.0641 e. The molecule has 1 saturated carbocycles. The smallest absolute Gasteiger partial charge is 0.0641 e. The number of aromatic nitrogens is 2. The Bertz CT molecular complexity index is 369. The molecule has 17 heavy (non-hydrogen) atoms. The van der Waals surface area contributed by atoms with Crippen LogP contribution >= 0.6 is 0 Å². The maximum atomic E-state index is 5.07. The van der Waals surface area contributed by atoms with Crippen molar-refractivity contribution in [1.29, 1.82) is 0 Å². The molecule has 1 aliphatic carbocycles. The van der Waals surface area contributed by atoms with Crippen LogP contribution in [-0.2, 0) is 17.8 Å². The van der Waals surface area contributed by atoms with E-state index in [1.807, 2.05) is 0 Å². The summed E-state index contributed by atoms with van der Waals surface area (Å²) in [5, 5.41) is 8.16. The van der Waals surface area contributed by atoms with Gasteiger partial charge in [0.15, 0.2) is 0 Å². The highest BCUT2D eigenvalue weighted by Crippen LogP contribution is 2.21. The molecule has 0 amide bonds. The Labute approximate surface area is 103 Å². The first-order chi connectivity index (χ1) is 8.22. The van der Waals surface area contributed by atoms with E-state index in [1.165, 1.54) is 24.1 Å². The highest BCUT2D eigenvalue weighted by molar-refractivity contribution is 5.24. The summed E-state index contributed by atoms with van der Waals surface area (Å²) in [6, 6.07) is 0.755. The predicted octanol–water partition coefficient (Wildman–Crippen LogP) is 1.79. The van der Waals surface area contributed by atoms with Crippen molar-refractivity contribution in [3.05, 3.63) is 17.0 Å². The van der Waals surface area contributed by atoms with Crippen molar-refractivity contribution >= 4 is 0 Å². The van der Waals surface area contributed by atoms with E-state index in [0.717, 1.165) is 37.9 Å². The first-order valence-electron chi connectivity index (χ1n) is 6.47. The summed E-state index contributed by atoms with van der Waals surface area (Å²) in [5.41, 5.74) is 3.83. The number of aryl methyl sites for hydroxylation is 2. The summed E-state index contributed by atoms with van der Waals surface area (Å²) in [6.07, 6.45) is 3.69. The number of hydrogen-bond donors (Lipinski definition) is 1. The molecule has 0 saturated heterocycles. The minimum Gasteiger partial charge on any atom is -0.385 e. The lowest BCUT2D eigenvalue weighted by Crippen LogP contribution is -2.16. The standard InChI is InChI=1S/C13H23N3O/c1-10-13(9-14-12-5-6-12)11(2)16(15-10)7-4-8-17-3/h12,14H,4-9H2,1-3H3. The third kappa shape index (κ3) is 3.30. The van der Waals surface area contributed by atoms with E-state index in [0.29, 0.717) is 0 Å². The molecule has 96 valence electrons. The third-order valence-corrected chi connectivity index (χ3v) is 3.39. The predicted molar refractivity (Wildman–Crippen MR) is 68.1 cm³/mol. The number of nitrogens with zero attached hydrogens (tertiary/aromatic N) is 2. The zero-order valence-corrected chi connectivity index (χ0v) is 11.1. The summed E-state index contributed by atoms with van der Waals surface area (Å²) in [7, 11) is 1.74. The first kappa shape index (κ1) is 12.6. The Hall–Kier alpha value is -0.870. The topological polar surface area (TPSA) is 39.1 Å². The molecule has 0 bridgehead atoms. The Balaban J connectivity index is 1.94. The number of methoxy groups -OCH3 is 1. The molecule has 1 heterocycles. The van der Waals surface area contributed by atoms with E-state index in [-0.39, 0.29) is 0 Å². The lowest BCUT2D eigenvalue weighted by atomic mass is 10.2. The number of ether oxygens (including phenoxy) is 1. The van der Waals surface area contributed by atoms with Crippen LogP contribution in [0.3, 0.4) is 0 Å². The van der Waals surface area contributed by atoms with E-state index in [1.54, 1.807) is 7.11 Å². The number of hydrogen-bond acceptors (Lipinski definition) is 3. The summed E-state index contributed by atoms with van der Waals surface area (Å²) in [4.78, 5) is 0. The minimum atomic E-state index is 0.755. The normalized spacial score (nSPS) is 15.5. The van der Waals surface area contributed by atoms with Gasteiger partial charge in [0.2, 0.25) is 0 Å². The van der Waals surface area contributed by atoms with Gasteiger partial charge in [-0.3, -0.25) is 4.68 Å². The van der Waals surface area contributed by atoms with Gasteiger partial charge in [0.1, 0.15) is 0 Å². The molecule has 1 N–H and O–H groups in total. The number of rotatable bonds is 7. The van der Waals surface area contributed by atoms with Crippen molar-refractivity contribution in [2.75, 3.05) is 13.7 Å². The van der Waals surface area contributed by atoms with Gasteiger partial charge >= 0.3 is 0 Å². The van der Waals surface area contributed by atoms with E-state index in [4.69, 9.17) is 4.74 Å². The van der Waals surface area contributed by atoms with Crippen LogP contribution in [0.25, 0.3) is 0 Å². The minimum absolute atomic E-state index is 0.755. The molecule has 0 atom stereocenters. The van der Waals surface area contributed by atoms with Gasteiger partial charge in [-0.05, 0) is 33.1 Å². The van der Waals surface area contributed by atoms with Crippen LogP contribution in [0.2, 0.25) is 0 Å². The van der Waals surface area contributed by atoms with E-state index in [2.05, 4.69) is 28.9 Å². The SMILES string of the molecule is COCCCn1nc(C)c(CNC2CC2)c1C. The molecule has 2 rings (SSSR count). The molecular formula is C13H23N3O. The summed E-state index contributed by atoms with van der Waals surface area (Å²) in [6.45, 7) is 6.98. The third-order valence-electron chi connectivity index (χ3n) is 3.39. The molecule has 1 aliphatic rings. The molecule has 1 aromatic rings. The molecule has 0 aliphatic heterocycles. The molecule has 4 nitrogen and oxygen atoms in total. The molecule has 1 aromatic heterocycles. The van der Waals surface area contributed by atoms with Gasteiger partial charge in [-0.25, -0.2) is 0 Å². The zero-order valence-electron chi connectivity index (χ0n) is 11.1. The zero-order chi connectivity index (χ0) is 12.3. The second kappa shape index (κ2) is 5.65. The summed E-state index contributed by atoms with van der Waals surface area (Å²) in [5.74, 6) is 0. The molecule has 0 unspecified atom stereocenters. The summed E-state index contributed by atoms with van der Waals surface area (Å²) < 4.78 is 7.18. The van der Waals surface area contributed by atoms with Crippen molar-refractivity contribution in [3.8, 4) is 0 Å².